The van der Waals surface area contributed by atoms with Crippen molar-refractivity contribution in [3.63, 3.8) is 0 Å². The van der Waals surface area contributed by atoms with E-state index in [1.165, 1.54) is 11.4 Å². The molecule has 1 aliphatic rings. The van der Waals surface area contributed by atoms with Gasteiger partial charge < -0.3 is 9.47 Å². The minimum absolute atomic E-state index is 0.0935. The normalized spacial score (nSPS) is 18.2. The Labute approximate surface area is 159 Å². The Balaban J connectivity index is 1.75. The fourth-order valence-electron chi connectivity index (χ4n) is 3.32. The first-order valence-corrected chi connectivity index (χ1v) is 10.3. The molecule has 0 bridgehead atoms. The first kappa shape index (κ1) is 19.6. The molecule has 0 radical (unpaired) electrons. The maximum Gasteiger partial charge on any atom is 0.246 e. The van der Waals surface area contributed by atoms with Gasteiger partial charge in [0.15, 0.2) is 0 Å². The van der Waals surface area contributed by atoms with Gasteiger partial charge in [0.1, 0.15) is 11.0 Å². The summed E-state index contributed by atoms with van der Waals surface area (Å²) >= 11 is 0. The molecule has 10 heteroatoms. The zero-order chi connectivity index (χ0) is 19.8. The lowest BCUT2D eigenvalue weighted by molar-refractivity contribution is 0.203. The molecule has 0 aliphatic carbocycles. The Bertz CT molecular complexity index is 908. The molecule has 3 rings (SSSR count). The second kappa shape index (κ2) is 7.43. The maximum atomic E-state index is 13.2. The topological polar surface area (TPSA) is 99.4 Å². The van der Waals surface area contributed by atoms with Crippen LogP contribution < -0.4 is 9.47 Å². The monoisotopic (exact) mass is 395 g/mol. The number of nitrogens with zero attached hydrogens (tertiary/aromatic N) is 5. The van der Waals surface area contributed by atoms with Gasteiger partial charge in [-0.3, -0.25) is 4.68 Å². The van der Waals surface area contributed by atoms with E-state index in [4.69, 9.17) is 9.47 Å². The quantitative estimate of drug-likeness (QED) is 0.734. The lowest BCUT2D eigenvalue weighted by atomic mass is 10.3. The van der Waals surface area contributed by atoms with Crippen molar-refractivity contribution in [2.75, 3.05) is 20.2 Å². The van der Waals surface area contributed by atoms with E-state index in [-0.39, 0.29) is 18.7 Å². The summed E-state index contributed by atoms with van der Waals surface area (Å²) in [6, 6.07) is 3.40. The standard InChI is InChI=1S/C17H25N5O4S/c1-11(2)22-13(4)17(12(3)20-22)27(23,24)21-9-8-14(10-21)26-16-7-6-15(25-5)18-19-16/h6-7,11,14H,8-10H2,1-5H3. The van der Waals surface area contributed by atoms with Crippen LogP contribution in [0.2, 0.25) is 0 Å². The van der Waals surface area contributed by atoms with Crippen LogP contribution in [0.5, 0.6) is 11.8 Å². The molecule has 1 aliphatic heterocycles. The fourth-order valence-corrected chi connectivity index (χ4v) is 5.16. The average molecular weight is 395 g/mol. The molecule has 1 unspecified atom stereocenters. The summed E-state index contributed by atoms with van der Waals surface area (Å²) in [7, 11) is -2.13. The smallest absolute Gasteiger partial charge is 0.246 e. The summed E-state index contributed by atoms with van der Waals surface area (Å²) in [5, 5.41) is 12.2. The Kier molecular flexibility index (Phi) is 5.38. The van der Waals surface area contributed by atoms with E-state index in [1.54, 1.807) is 30.7 Å². The van der Waals surface area contributed by atoms with Gasteiger partial charge in [-0.2, -0.15) is 9.40 Å². The summed E-state index contributed by atoms with van der Waals surface area (Å²) in [6.07, 6.45) is 0.312. The first-order valence-electron chi connectivity index (χ1n) is 8.84. The van der Waals surface area contributed by atoms with Crippen molar-refractivity contribution in [1.82, 2.24) is 24.3 Å². The maximum absolute atomic E-state index is 13.2. The first-order chi connectivity index (χ1) is 12.7. The fraction of sp³-hybridized carbons (Fsp3) is 0.588. The zero-order valence-electron chi connectivity index (χ0n) is 16.2. The van der Waals surface area contributed by atoms with Crippen molar-refractivity contribution in [3.8, 4) is 11.8 Å². The number of sulfonamides is 1. The lowest BCUT2D eigenvalue weighted by Crippen LogP contribution is -2.31. The third-order valence-electron chi connectivity index (χ3n) is 4.57. The summed E-state index contributed by atoms with van der Waals surface area (Å²) < 4.78 is 40.3. The van der Waals surface area contributed by atoms with Gasteiger partial charge in [0.2, 0.25) is 21.8 Å². The number of rotatable bonds is 6. The molecule has 2 aromatic heterocycles. The number of hydrogen-bond donors (Lipinski definition) is 0. The molecule has 1 fully saturated rings. The van der Waals surface area contributed by atoms with Crippen LogP contribution in [-0.4, -0.2) is 59.0 Å². The highest BCUT2D eigenvalue weighted by molar-refractivity contribution is 7.89. The van der Waals surface area contributed by atoms with Crippen LogP contribution in [0.1, 0.15) is 37.7 Å². The Morgan fingerprint density at radius 1 is 1.19 bits per heavy atom. The molecule has 9 nitrogen and oxygen atoms in total. The molecule has 0 amide bonds. The summed E-state index contributed by atoms with van der Waals surface area (Å²) in [5.74, 6) is 0.742. The molecule has 0 saturated carbocycles. The lowest BCUT2D eigenvalue weighted by Gasteiger charge is -2.17. The second-order valence-corrected chi connectivity index (χ2v) is 8.72. The zero-order valence-corrected chi connectivity index (χ0v) is 17.0. The van der Waals surface area contributed by atoms with Crippen LogP contribution in [0.25, 0.3) is 0 Å². The minimum atomic E-state index is -3.63. The van der Waals surface area contributed by atoms with Crippen LogP contribution in [0, 0.1) is 13.8 Å². The number of ether oxygens (including phenoxy) is 2. The molecule has 0 spiro atoms. The molecule has 148 valence electrons. The van der Waals surface area contributed by atoms with Crippen LogP contribution >= 0.6 is 0 Å². The van der Waals surface area contributed by atoms with E-state index in [0.29, 0.717) is 41.0 Å². The van der Waals surface area contributed by atoms with Crippen molar-refractivity contribution in [2.45, 2.75) is 51.2 Å². The third kappa shape index (κ3) is 3.77. The van der Waals surface area contributed by atoms with Gasteiger partial charge in [-0.1, -0.05) is 0 Å². The molecule has 2 aromatic rings. The molecule has 0 N–H and O–H groups in total. The molecular formula is C17H25N5O4S. The van der Waals surface area contributed by atoms with E-state index < -0.39 is 10.0 Å². The van der Waals surface area contributed by atoms with Crippen molar-refractivity contribution < 1.29 is 17.9 Å². The number of aromatic nitrogens is 4. The molecule has 1 saturated heterocycles. The number of methoxy groups -OCH3 is 1. The largest absolute Gasteiger partial charge is 0.480 e. The Morgan fingerprint density at radius 3 is 2.41 bits per heavy atom. The summed E-state index contributed by atoms with van der Waals surface area (Å²) in [6.45, 7) is 8.14. The van der Waals surface area contributed by atoms with Gasteiger partial charge in [-0.25, -0.2) is 8.42 Å². The highest BCUT2D eigenvalue weighted by Gasteiger charge is 2.37. The van der Waals surface area contributed by atoms with Crippen molar-refractivity contribution >= 4 is 10.0 Å². The second-order valence-electron chi connectivity index (χ2n) is 6.84. The number of aryl methyl sites for hydroxylation is 1. The average Bonchev–Trinajstić information content (AvgIpc) is 3.20. The summed E-state index contributed by atoms with van der Waals surface area (Å²) in [4.78, 5) is 0.293. The van der Waals surface area contributed by atoms with Gasteiger partial charge in [-0.05, 0) is 34.1 Å². The van der Waals surface area contributed by atoms with Crippen LogP contribution in [-0.2, 0) is 10.0 Å². The van der Waals surface area contributed by atoms with E-state index >= 15 is 0 Å². The van der Waals surface area contributed by atoms with E-state index in [9.17, 15) is 8.42 Å². The SMILES string of the molecule is COc1ccc(OC2CCN(S(=O)(=O)c3c(C)nn(C(C)C)c3C)C2)nn1. The van der Waals surface area contributed by atoms with Crippen LogP contribution in [0.15, 0.2) is 17.0 Å². The predicted octanol–water partition coefficient (Wildman–Crippen LogP) is 1.72. The summed E-state index contributed by atoms with van der Waals surface area (Å²) in [5.41, 5.74) is 1.18. The predicted molar refractivity (Wildman–Crippen MR) is 98.5 cm³/mol. The van der Waals surface area contributed by atoms with Crippen molar-refractivity contribution in [2.24, 2.45) is 0 Å². The van der Waals surface area contributed by atoms with Gasteiger partial charge in [0.25, 0.3) is 0 Å². The molecule has 1 atom stereocenters. The van der Waals surface area contributed by atoms with Gasteiger partial charge in [-0.15, -0.1) is 10.2 Å². The van der Waals surface area contributed by atoms with Crippen molar-refractivity contribution in [3.05, 3.63) is 23.5 Å². The van der Waals surface area contributed by atoms with E-state index in [2.05, 4.69) is 15.3 Å². The van der Waals surface area contributed by atoms with E-state index in [1.807, 2.05) is 13.8 Å². The molecular weight excluding hydrogens is 370 g/mol. The highest BCUT2D eigenvalue weighted by Crippen LogP contribution is 2.29. The molecule has 27 heavy (non-hydrogen) atoms. The van der Waals surface area contributed by atoms with Gasteiger partial charge in [0.05, 0.1) is 25.0 Å². The molecule has 3 heterocycles. The van der Waals surface area contributed by atoms with Gasteiger partial charge >= 0.3 is 0 Å². The van der Waals surface area contributed by atoms with Crippen LogP contribution in [0.4, 0.5) is 0 Å². The third-order valence-corrected chi connectivity index (χ3v) is 6.68. The Morgan fingerprint density at radius 2 is 1.85 bits per heavy atom. The van der Waals surface area contributed by atoms with Gasteiger partial charge in [0, 0.05) is 24.7 Å². The Hall–Kier alpha value is -2.20. The minimum Gasteiger partial charge on any atom is -0.480 e. The van der Waals surface area contributed by atoms with Crippen LogP contribution in [0.3, 0.4) is 0 Å². The highest BCUT2D eigenvalue weighted by atomic mass is 32.2. The van der Waals surface area contributed by atoms with Crippen molar-refractivity contribution in [1.29, 1.82) is 0 Å². The van der Waals surface area contributed by atoms with E-state index in [0.717, 1.165) is 0 Å². The number of hydrogen-bond acceptors (Lipinski definition) is 7. The molecule has 0 aromatic carbocycles.